The van der Waals surface area contributed by atoms with Crippen molar-refractivity contribution >= 4 is 30.3 Å². The number of carboxylic acid groups (broad SMARTS) is 2. The topological polar surface area (TPSA) is 127 Å². The van der Waals surface area contributed by atoms with Gasteiger partial charge in [-0.3, -0.25) is 14.4 Å². The molecule has 2 aliphatic rings. The van der Waals surface area contributed by atoms with Crippen LogP contribution in [0.5, 0.6) is 0 Å². The Bertz CT molecular complexity index is 618. The van der Waals surface area contributed by atoms with Gasteiger partial charge in [-0.1, -0.05) is 52.4 Å². The molecule has 32 heavy (non-hydrogen) atoms. The van der Waals surface area contributed by atoms with Crippen molar-refractivity contribution in [2.24, 2.45) is 22.5 Å². The largest absolute Gasteiger partial charge is 0.481 e. The maximum Gasteiger partial charge on any atom is 0.321 e. The molecular formula is C24H44ClNO6. The van der Waals surface area contributed by atoms with Crippen LogP contribution in [0.15, 0.2) is 0 Å². The molecular weight excluding hydrogens is 434 g/mol. The van der Waals surface area contributed by atoms with Gasteiger partial charge < -0.3 is 20.7 Å². The Morgan fingerprint density at radius 1 is 0.844 bits per heavy atom. The van der Waals surface area contributed by atoms with Crippen LogP contribution in [0, 0.1) is 16.7 Å². The number of hydrogen-bond donors (Lipinski definition) is 3. The van der Waals surface area contributed by atoms with Crippen LogP contribution >= 0.6 is 12.4 Å². The second-order valence-corrected chi connectivity index (χ2v) is 10.9. The molecule has 0 saturated heterocycles. The summed E-state index contributed by atoms with van der Waals surface area (Å²) >= 11 is 0. The number of carboxylic acids is 2. The van der Waals surface area contributed by atoms with Gasteiger partial charge in [-0.15, -0.1) is 12.4 Å². The zero-order valence-corrected chi connectivity index (χ0v) is 21.3. The third kappa shape index (κ3) is 9.65. The lowest BCUT2D eigenvalue weighted by Gasteiger charge is -2.38. The molecule has 0 aromatic carbocycles. The molecule has 2 saturated carbocycles. The summed E-state index contributed by atoms with van der Waals surface area (Å²) < 4.78 is 5.25. The average molecular weight is 478 g/mol. The van der Waals surface area contributed by atoms with E-state index in [1.165, 1.54) is 6.42 Å². The van der Waals surface area contributed by atoms with Crippen molar-refractivity contribution in [1.82, 2.24) is 0 Å². The molecule has 188 valence electrons. The molecule has 8 heteroatoms. The highest BCUT2D eigenvalue weighted by Gasteiger charge is 2.42. The Morgan fingerprint density at radius 3 is 1.59 bits per heavy atom. The zero-order valence-electron chi connectivity index (χ0n) is 20.4. The van der Waals surface area contributed by atoms with E-state index in [4.69, 9.17) is 15.6 Å². The molecule has 0 unspecified atom stereocenters. The molecule has 2 atom stereocenters. The van der Waals surface area contributed by atoms with E-state index >= 15 is 0 Å². The molecule has 4 N–H and O–H groups in total. The van der Waals surface area contributed by atoms with E-state index in [0.29, 0.717) is 0 Å². The highest BCUT2D eigenvalue weighted by molar-refractivity contribution is 5.85. The van der Waals surface area contributed by atoms with Gasteiger partial charge >= 0.3 is 17.9 Å². The molecule has 7 nitrogen and oxygen atoms in total. The first-order valence-electron chi connectivity index (χ1n) is 11.6. The highest BCUT2D eigenvalue weighted by Crippen LogP contribution is 2.44. The first kappa shape index (κ1) is 30.7. The van der Waals surface area contributed by atoms with Gasteiger partial charge in [-0.25, -0.2) is 0 Å². The van der Waals surface area contributed by atoms with Crippen LogP contribution in [0.25, 0.3) is 0 Å². The molecule has 0 aromatic heterocycles. The van der Waals surface area contributed by atoms with Gasteiger partial charge in [0.2, 0.25) is 0 Å². The van der Waals surface area contributed by atoms with Crippen LogP contribution in [0.3, 0.4) is 0 Å². The Labute approximate surface area is 199 Å². The van der Waals surface area contributed by atoms with Crippen LogP contribution in [0.4, 0.5) is 0 Å². The Morgan fingerprint density at radius 2 is 1.25 bits per heavy atom. The quantitative estimate of drug-likeness (QED) is 0.449. The fourth-order valence-electron chi connectivity index (χ4n) is 4.86. The summed E-state index contributed by atoms with van der Waals surface area (Å²) in [5.74, 6) is -2.79. The number of aliphatic carboxylic acids is 2. The van der Waals surface area contributed by atoms with E-state index in [1.54, 1.807) is 20.8 Å². The molecule has 2 fully saturated rings. The normalized spacial score (nSPS) is 21.6. The first-order chi connectivity index (χ1) is 14.2. The van der Waals surface area contributed by atoms with E-state index in [2.05, 4.69) is 0 Å². The third-order valence-corrected chi connectivity index (χ3v) is 6.94. The lowest BCUT2D eigenvalue weighted by molar-refractivity contribution is -0.163. The molecule has 0 aromatic rings. The van der Waals surface area contributed by atoms with Gasteiger partial charge in [-0.2, -0.15) is 0 Å². The summed E-state index contributed by atoms with van der Waals surface area (Å²) in [6, 6.07) is -0.683. The monoisotopic (exact) mass is 477 g/mol. The highest BCUT2D eigenvalue weighted by atomic mass is 35.5. The van der Waals surface area contributed by atoms with E-state index in [1.807, 2.05) is 13.8 Å². The second kappa shape index (κ2) is 12.8. The van der Waals surface area contributed by atoms with Gasteiger partial charge in [-0.05, 0) is 57.3 Å². The van der Waals surface area contributed by atoms with Crippen molar-refractivity contribution in [2.45, 2.75) is 117 Å². The van der Waals surface area contributed by atoms with Gasteiger partial charge in [0.15, 0.2) is 0 Å². The van der Waals surface area contributed by atoms with Crippen molar-refractivity contribution in [3.8, 4) is 0 Å². The average Bonchev–Trinajstić information content (AvgIpc) is 2.65. The minimum absolute atomic E-state index is 0. The summed E-state index contributed by atoms with van der Waals surface area (Å²) in [5.41, 5.74) is 4.62. The summed E-state index contributed by atoms with van der Waals surface area (Å²) in [4.78, 5) is 34.0. The van der Waals surface area contributed by atoms with Gasteiger partial charge in [0, 0.05) is 0 Å². The second-order valence-electron chi connectivity index (χ2n) is 10.9. The standard InChI is InChI=1S/C15H26O4.C9H17NO2.ClH/c1-14(2,3)19-12(16)10-11(13(17)18)15(4)8-6-5-7-9-15;1-9(7(10)8(11)12)5-3-2-4-6-9;/h11H,5-10H2,1-4H3,(H,17,18);7H,2-6,10H2,1H3,(H,11,12);1H/t11-;7-;/m11./s1. The predicted molar refractivity (Wildman–Crippen MR) is 127 cm³/mol. The Kier molecular flexibility index (Phi) is 12.2. The number of rotatable bonds is 6. The van der Waals surface area contributed by atoms with Crippen LogP contribution in [-0.4, -0.2) is 39.8 Å². The number of hydrogen-bond acceptors (Lipinski definition) is 5. The minimum atomic E-state index is -0.879. The van der Waals surface area contributed by atoms with Crippen molar-refractivity contribution in [2.75, 3.05) is 0 Å². The smallest absolute Gasteiger partial charge is 0.321 e. The van der Waals surface area contributed by atoms with E-state index in [-0.39, 0.29) is 29.7 Å². The summed E-state index contributed by atoms with van der Waals surface area (Å²) in [7, 11) is 0. The van der Waals surface area contributed by atoms with Crippen LogP contribution in [0.1, 0.15) is 105 Å². The zero-order chi connectivity index (χ0) is 23.9. The molecule has 0 amide bonds. The van der Waals surface area contributed by atoms with Crippen LogP contribution in [0.2, 0.25) is 0 Å². The lowest BCUT2D eigenvalue weighted by Crippen LogP contribution is -2.46. The Hall–Kier alpha value is -1.34. The maximum absolute atomic E-state index is 11.9. The van der Waals surface area contributed by atoms with Crippen LogP contribution < -0.4 is 5.73 Å². The Balaban J connectivity index is 0.000000639. The lowest BCUT2D eigenvalue weighted by atomic mass is 9.66. The van der Waals surface area contributed by atoms with Gasteiger partial charge in [0.05, 0.1) is 12.3 Å². The SMILES string of the molecule is CC(C)(C)OC(=O)C[C@H](C(=O)O)C1(C)CCCCC1.CC1([C@H](N)C(=O)O)CCCCC1.Cl. The number of esters is 1. The fourth-order valence-corrected chi connectivity index (χ4v) is 4.86. The number of nitrogens with two attached hydrogens (primary N) is 1. The van der Waals surface area contributed by atoms with Gasteiger partial charge in [0.25, 0.3) is 0 Å². The number of carbonyl (C=O) groups is 3. The maximum atomic E-state index is 11.9. The molecule has 2 aliphatic carbocycles. The number of carbonyl (C=O) groups excluding carboxylic acids is 1. The summed E-state index contributed by atoms with van der Waals surface area (Å²) in [6.07, 6.45) is 10.4. The van der Waals surface area contributed by atoms with Crippen molar-refractivity contribution < 1.29 is 29.3 Å². The molecule has 2 rings (SSSR count). The summed E-state index contributed by atoms with van der Waals surface area (Å²) in [6.45, 7) is 9.37. The van der Waals surface area contributed by atoms with E-state index < -0.39 is 35.5 Å². The molecule has 0 spiro atoms. The van der Waals surface area contributed by atoms with Crippen molar-refractivity contribution in [3.63, 3.8) is 0 Å². The molecule has 0 radical (unpaired) electrons. The summed E-state index contributed by atoms with van der Waals surface area (Å²) in [5, 5.41) is 18.2. The number of ether oxygens (including phenoxy) is 1. The first-order valence-corrected chi connectivity index (χ1v) is 11.6. The van der Waals surface area contributed by atoms with Crippen molar-refractivity contribution in [3.05, 3.63) is 0 Å². The number of halogens is 1. The molecule has 0 heterocycles. The minimum Gasteiger partial charge on any atom is -0.481 e. The third-order valence-electron chi connectivity index (χ3n) is 6.94. The van der Waals surface area contributed by atoms with E-state index in [0.717, 1.165) is 57.8 Å². The molecule has 0 aliphatic heterocycles. The van der Waals surface area contributed by atoms with Crippen molar-refractivity contribution in [1.29, 1.82) is 0 Å². The van der Waals surface area contributed by atoms with E-state index in [9.17, 15) is 19.5 Å². The predicted octanol–water partition coefficient (Wildman–Crippen LogP) is 5.18. The molecule has 0 bridgehead atoms. The van der Waals surface area contributed by atoms with Crippen LogP contribution in [-0.2, 0) is 19.1 Å². The fraction of sp³-hybridized carbons (Fsp3) is 0.875. The van der Waals surface area contributed by atoms with Gasteiger partial charge in [0.1, 0.15) is 11.6 Å².